The Kier molecular flexibility index (Phi) is 11.8. The van der Waals surface area contributed by atoms with Gasteiger partial charge in [0.2, 0.25) is 0 Å². The number of phenols is 4. The molecule has 2 aliphatic heterocycles. The first-order valence-electron chi connectivity index (χ1n) is 14.0. The average Bonchev–Trinajstić information content (AvgIpc) is 3.03. The van der Waals surface area contributed by atoms with Gasteiger partial charge in [-0.15, -0.1) is 0 Å². The summed E-state index contributed by atoms with van der Waals surface area (Å²) >= 11 is 0. The lowest BCUT2D eigenvalue weighted by Crippen LogP contribution is -2.65. The van der Waals surface area contributed by atoms with Crippen LogP contribution in [0.4, 0.5) is 0 Å². The largest absolute Gasteiger partial charge is 0.504 e. The van der Waals surface area contributed by atoms with Crippen LogP contribution in [0.15, 0.2) is 42.5 Å². The van der Waals surface area contributed by atoms with Crippen LogP contribution in [-0.4, -0.2) is 143 Å². The Labute approximate surface area is 260 Å². The van der Waals surface area contributed by atoms with E-state index in [0.29, 0.717) is 0 Å². The van der Waals surface area contributed by atoms with Crippen LogP contribution in [0, 0.1) is 0 Å². The zero-order valence-corrected chi connectivity index (χ0v) is 24.0. The normalized spacial score (nSPS) is 32.3. The van der Waals surface area contributed by atoms with Crippen LogP contribution in [0.5, 0.6) is 23.0 Å². The highest BCUT2D eigenvalue weighted by Gasteiger charge is 2.52. The van der Waals surface area contributed by atoms with Crippen molar-refractivity contribution in [2.24, 2.45) is 0 Å². The van der Waals surface area contributed by atoms with Gasteiger partial charge in [-0.1, -0.05) is 12.1 Å². The van der Waals surface area contributed by atoms with Crippen molar-refractivity contribution in [2.75, 3.05) is 19.8 Å². The molecule has 0 amide bonds. The molecule has 0 saturated carbocycles. The smallest absolute Gasteiger partial charge is 0.331 e. The average molecular weight is 657 g/mol. The van der Waals surface area contributed by atoms with Crippen LogP contribution in [0.25, 0.3) is 6.08 Å². The second-order valence-corrected chi connectivity index (χ2v) is 10.6. The highest BCUT2D eigenvalue weighted by molar-refractivity contribution is 5.87. The van der Waals surface area contributed by atoms with E-state index in [4.69, 9.17) is 23.7 Å². The molecule has 2 saturated heterocycles. The van der Waals surface area contributed by atoms with Gasteiger partial charge in [0.15, 0.2) is 41.7 Å². The summed E-state index contributed by atoms with van der Waals surface area (Å²) in [6.07, 6.45) is -16.4. The monoisotopic (exact) mass is 656 g/mol. The Morgan fingerprint density at radius 1 is 0.761 bits per heavy atom. The fourth-order valence-corrected chi connectivity index (χ4v) is 4.82. The Balaban J connectivity index is 1.56. The maximum atomic E-state index is 12.8. The van der Waals surface area contributed by atoms with Crippen molar-refractivity contribution in [3.63, 3.8) is 0 Å². The summed E-state index contributed by atoms with van der Waals surface area (Å²) in [7, 11) is 0. The number of aliphatic hydroxyl groups is 7. The second kappa shape index (κ2) is 15.3. The number of aromatic hydroxyl groups is 4. The van der Waals surface area contributed by atoms with E-state index in [0.717, 1.165) is 24.3 Å². The molecule has 0 aromatic heterocycles. The van der Waals surface area contributed by atoms with Gasteiger partial charge in [-0.3, -0.25) is 0 Å². The van der Waals surface area contributed by atoms with Gasteiger partial charge in [-0.05, 0) is 41.5 Å². The molecule has 17 heteroatoms. The molecule has 0 aliphatic carbocycles. The topological polar surface area (TPSA) is 286 Å². The molecule has 0 spiro atoms. The van der Waals surface area contributed by atoms with Crippen LogP contribution in [-0.2, 0) is 28.5 Å². The minimum atomic E-state index is -1.93. The summed E-state index contributed by atoms with van der Waals surface area (Å²) in [4.78, 5) is 12.8. The fourth-order valence-electron chi connectivity index (χ4n) is 4.82. The Bertz CT molecular complexity index is 1350. The summed E-state index contributed by atoms with van der Waals surface area (Å²) in [6.45, 7) is -2.21. The number of hydrogen-bond donors (Lipinski definition) is 11. The lowest BCUT2D eigenvalue weighted by molar-refractivity contribution is -0.361. The Hall–Kier alpha value is -3.59. The Morgan fingerprint density at radius 3 is 2.02 bits per heavy atom. The molecule has 254 valence electrons. The molecule has 2 heterocycles. The number of esters is 1. The summed E-state index contributed by atoms with van der Waals surface area (Å²) in [6, 6.07) is 7.22. The van der Waals surface area contributed by atoms with E-state index in [1.807, 2.05) is 0 Å². The van der Waals surface area contributed by atoms with E-state index in [1.165, 1.54) is 24.3 Å². The number of carbonyl (C=O) groups is 1. The summed E-state index contributed by atoms with van der Waals surface area (Å²) in [5.41, 5.74) is 0.406. The minimum absolute atomic E-state index is 0.119. The molecule has 2 aromatic carbocycles. The fraction of sp³-hybridized carbons (Fsp3) is 0.483. The summed E-state index contributed by atoms with van der Waals surface area (Å²) in [5.74, 6) is -2.85. The first kappa shape index (κ1) is 35.3. The molecule has 46 heavy (non-hydrogen) atoms. The predicted molar refractivity (Wildman–Crippen MR) is 150 cm³/mol. The summed E-state index contributed by atoms with van der Waals surface area (Å²) < 4.78 is 27.7. The molecule has 17 nitrogen and oxygen atoms in total. The molecule has 2 aromatic rings. The third-order valence-electron chi connectivity index (χ3n) is 7.40. The number of benzene rings is 2. The van der Waals surface area contributed by atoms with Gasteiger partial charge in [0.1, 0.15) is 48.8 Å². The SMILES string of the molecule is O=C(/C=C/c1ccc(O)c(O)c1)OC1C(CO)OC(OCC(O)c2ccc(O)c(O)c2)C(O)C1OC1OC(CO)C(O)C(O)C1O. The highest BCUT2D eigenvalue weighted by atomic mass is 16.7. The zero-order chi connectivity index (χ0) is 33.7. The van der Waals surface area contributed by atoms with E-state index in [1.54, 1.807) is 0 Å². The zero-order valence-electron chi connectivity index (χ0n) is 24.0. The van der Waals surface area contributed by atoms with E-state index in [2.05, 4.69) is 0 Å². The van der Waals surface area contributed by atoms with Gasteiger partial charge >= 0.3 is 5.97 Å². The summed E-state index contributed by atoms with van der Waals surface area (Å²) in [5, 5.41) is 111. The van der Waals surface area contributed by atoms with Crippen molar-refractivity contribution in [1.82, 2.24) is 0 Å². The first-order chi connectivity index (χ1) is 21.8. The van der Waals surface area contributed by atoms with Crippen LogP contribution in [0.3, 0.4) is 0 Å². The van der Waals surface area contributed by atoms with Gasteiger partial charge in [-0.25, -0.2) is 4.79 Å². The molecule has 2 aliphatic rings. The quantitative estimate of drug-likeness (QED) is 0.0674. The number of aliphatic hydroxyl groups excluding tert-OH is 7. The van der Waals surface area contributed by atoms with Gasteiger partial charge in [0.25, 0.3) is 0 Å². The van der Waals surface area contributed by atoms with E-state index in [9.17, 15) is 61.0 Å². The van der Waals surface area contributed by atoms with Crippen molar-refractivity contribution in [2.45, 2.75) is 67.5 Å². The van der Waals surface area contributed by atoms with Gasteiger partial charge in [-0.2, -0.15) is 0 Å². The third-order valence-corrected chi connectivity index (χ3v) is 7.40. The maximum Gasteiger partial charge on any atom is 0.331 e. The predicted octanol–water partition coefficient (Wildman–Crippen LogP) is -2.55. The van der Waals surface area contributed by atoms with Crippen molar-refractivity contribution in [3.05, 3.63) is 53.6 Å². The molecular weight excluding hydrogens is 620 g/mol. The molecular formula is C29H36O17. The van der Waals surface area contributed by atoms with E-state index < -0.39 is 116 Å². The van der Waals surface area contributed by atoms with Gasteiger partial charge in [0.05, 0.1) is 19.8 Å². The minimum Gasteiger partial charge on any atom is -0.504 e. The van der Waals surface area contributed by atoms with E-state index in [-0.39, 0.29) is 11.1 Å². The third kappa shape index (κ3) is 8.03. The van der Waals surface area contributed by atoms with Crippen LogP contribution >= 0.6 is 0 Å². The molecule has 0 bridgehead atoms. The molecule has 2 fully saturated rings. The number of rotatable bonds is 11. The lowest BCUT2D eigenvalue weighted by Gasteiger charge is -2.46. The number of carbonyl (C=O) groups excluding carboxylic acids is 1. The number of hydrogen-bond acceptors (Lipinski definition) is 17. The second-order valence-electron chi connectivity index (χ2n) is 10.6. The lowest BCUT2D eigenvalue weighted by atomic mass is 9.96. The molecule has 4 rings (SSSR count). The van der Waals surface area contributed by atoms with Crippen molar-refractivity contribution < 1.29 is 84.7 Å². The molecule has 11 N–H and O–H groups in total. The number of phenolic OH excluding ortho intramolecular Hbond substituents is 4. The van der Waals surface area contributed by atoms with Crippen LogP contribution < -0.4 is 0 Å². The molecule has 0 radical (unpaired) electrons. The first-order valence-corrected chi connectivity index (χ1v) is 14.0. The number of ether oxygens (including phenoxy) is 5. The van der Waals surface area contributed by atoms with Crippen molar-refractivity contribution in [3.8, 4) is 23.0 Å². The van der Waals surface area contributed by atoms with Gasteiger partial charge in [0, 0.05) is 6.08 Å². The van der Waals surface area contributed by atoms with Crippen molar-refractivity contribution in [1.29, 1.82) is 0 Å². The standard InChI is InChI=1S/C29H36O17/c30-9-19-22(38)23(39)24(40)29(43-19)46-27-25(41)28(42-11-18(36)13-3-5-15(33)17(35)8-13)44-20(10-31)26(27)45-21(37)6-2-12-1-4-14(32)16(34)7-12/h1-8,18-20,22-36,38-41H,9-11H2/b6-2+. The van der Waals surface area contributed by atoms with Crippen LogP contribution in [0.2, 0.25) is 0 Å². The molecule has 11 unspecified atom stereocenters. The van der Waals surface area contributed by atoms with Crippen molar-refractivity contribution >= 4 is 12.0 Å². The van der Waals surface area contributed by atoms with E-state index >= 15 is 0 Å². The van der Waals surface area contributed by atoms with Crippen LogP contribution in [0.1, 0.15) is 17.2 Å². The molecule has 11 atom stereocenters. The maximum absolute atomic E-state index is 12.8. The van der Waals surface area contributed by atoms with Gasteiger partial charge < -0.3 is 79.9 Å². The highest BCUT2D eigenvalue weighted by Crippen LogP contribution is 2.33. The Morgan fingerprint density at radius 2 is 1.39 bits per heavy atom.